The minimum Gasteiger partial charge on any atom is -0.481 e. The molecule has 0 aromatic rings. The van der Waals surface area contributed by atoms with Gasteiger partial charge in [0.15, 0.2) is 0 Å². The number of likely N-dealkylation sites (N-methyl/N-ethyl adjacent to an activating group) is 1. The normalized spacial score (nSPS) is 12.9. The zero-order valence-corrected chi connectivity index (χ0v) is 11.3. The van der Waals surface area contributed by atoms with Crippen LogP contribution in [0.4, 0.5) is 4.79 Å². The highest BCUT2D eigenvalue weighted by Gasteiger charge is 2.21. The number of urea groups is 1. The van der Waals surface area contributed by atoms with Crippen molar-refractivity contribution < 1.29 is 29.4 Å². The largest absolute Gasteiger partial charge is 0.481 e. The van der Waals surface area contributed by atoms with Crippen molar-refractivity contribution in [2.24, 2.45) is 0 Å². The van der Waals surface area contributed by atoms with Gasteiger partial charge in [-0.1, -0.05) is 0 Å². The van der Waals surface area contributed by atoms with Crippen molar-refractivity contribution in [1.82, 2.24) is 16.0 Å². The lowest BCUT2D eigenvalue weighted by molar-refractivity contribution is -0.140. The number of nitrogens with one attached hydrogen (secondary N) is 3. The third kappa shape index (κ3) is 7.19. The van der Waals surface area contributed by atoms with Crippen LogP contribution >= 0.6 is 0 Å². The Morgan fingerprint density at radius 1 is 1.10 bits per heavy atom. The molecule has 0 aliphatic carbocycles. The summed E-state index contributed by atoms with van der Waals surface area (Å²) in [4.78, 5) is 43.9. The molecule has 0 bridgehead atoms. The van der Waals surface area contributed by atoms with Gasteiger partial charge >= 0.3 is 18.0 Å². The third-order valence-electron chi connectivity index (χ3n) is 2.47. The Morgan fingerprint density at radius 3 is 2.15 bits per heavy atom. The SMILES string of the molecule is CNC(=O)C(C)NC(=O)N[C@H](CCCC(=O)O)C(=O)O. The van der Waals surface area contributed by atoms with Crippen LogP contribution in [0.1, 0.15) is 26.2 Å². The van der Waals surface area contributed by atoms with Gasteiger partial charge in [-0.05, 0) is 19.8 Å². The van der Waals surface area contributed by atoms with Crippen molar-refractivity contribution >= 4 is 23.9 Å². The van der Waals surface area contributed by atoms with E-state index in [2.05, 4.69) is 16.0 Å². The van der Waals surface area contributed by atoms with Crippen molar-refractivity contribution in [3.63, 3.8) is 0 Å². The van der Waals surface area contributed by atoms with Crippen LogP contribution in [0.5, 0.6) is 0 Å². The minimum atomic E-state index is -1.27. The molecule has 114 valence electrons. The van der Waals surface area contributed by atoms with Gasteiger partial charge in [0.05, 0.1) is 0 Å². The van der Waals surface area contributed by atoms with Gasteiger partial charge in [0.25, 0.3) is 0 Å². The number of hydrogen-bond donors (Lipinski definition) is 5. The van der Waals surface area contributed by atoms with Gasteiger partial charge in [-0.25, -0.2) is 9.59 Å². The van der Waals surface area contributed by atoms with Gasteiger partial charge in [0.1, 0.15) is 12.1 Å². The molecule has 20 heavy (non-hydrogen) atoms. The van der Waals surface area contributed by atoms with Crippen LogP contribution in [0.3, 0.4) is 0 Å². The van der Waals surface area contributed by atoms with Crippen molar-refractivity contribution in [2.75, 3.05) is 7.05 Å². The van der Waals surface area contributed by atoms with Gasteiger partial charge in [-0.2, -0.15) is 0 Å². The Bertz CT molecular complexity index is 384. The first-order chi connectivity index (χ1) is 9.27. The molecular weight excluding hydrogens is 270 g/mol. The smallest absolute Gasteiger partial charge is 0.326 e. The maximum Gasteiger partial charge on any atom is 0.326 e. The topological polar surface area (TPSA) is 145 Å². The molecule has 9 heteroatoms. The molecule has 0 aromatic carbocycles. The molecule has 0 spiro atoms. The van der Waals surface area contributed by atoms with E-state index in [1.165, 1.54) is 14.0 Å². The summed E-state index contributed by atoms with van der Waals surface area (Å²) in [7, 11) is 1.41. The Balaban J connectivity index is 4.30. The van der Waals surface area contributed by atoms with Crippen LogP contribution in [-0.4, -0.2) is 53.2 Å². The lowest BCUT2D eigenvalue weighted by Crippen LogP contribution is -2.51. The minimum absolute atomic E-state index is 0.0105. The lowest BCUT2D eigenvalue weighted by Gasteiger charge is -2.17. The summed E-state index contributed by atoms with van der Waals surface area (Å²) in [6, 6.07) is -2.82. The molecule has 0 radical (unpaired) electrons. The second kappa shape index (κ2) is 8.73. The van der Waals surface area contributed by atoms with Crippen molar-refractivity contribution in [2.45, 2.75) is 38.3 Å². The quantitative estimate of drug-likeness (QED) is 0.392. The van der Waals surface area contributed by atoms with Crippen LogP contribution in [0.15, 0.2) is 0 Å². The van der Waals surface area contributed by atoms with Crippen molar-refractivity contribution in [3.8, 4) is 0 Å². The molecule has 0 heterocycles. The molecular formula is C11H19N3O6. The summed E-state index contributed by atoms with van der Waals surface area (Å²) >= 11 is 0. The fraction of sp³-hybridized carbons (Fsp3) is 0.636. The first kappa shape index (κ1) is 17.7. The Morgan fingerprint density at radius 2 is 1.70 bits per heavy atom. The highest BCUT2D eigenvalue weighted by Crippen LogP contribution is 2.01. The van der Waals surface area contributed by atoms with Crippen LogP contribution in [0.25, 0.3) is 0 Å². The predicted octanol–water partition coefficient (Wildman–Crippen LogP) is -0.872. The first-order valence-electron chi connectivity index (χ1n) is 6.01. The molecule has 0 rings (SSSR count). The number of rotatable bonds is 8. The van der Waals surface area contributed by atoms with Crippen LogP contribution in [0.2, 0.25) is 0 Å². The summed E-state index contributed by atoms with van der Waals surface area (Å²) in [5.41, 5.74) is 0. The summed E-state index contributed by atoms with van der Waals surface area (Å²) in [5, 5.41) is 24.2. The van der Waals surface area contributed by atoms with E-state index in [0.717, 1.165) is 0 Å². The molecule has 0 aliphatic heterocycles. The lowest BCUT2D eigenvalue weighted by atomic mass is 10.1. The maximum atomic E-state index is 11.5. The summed E-state index contributed by atoms with van der Waals surface area (Å²) in [5.74, 6) is -2.72. The van der Waals surface area contributed by atoms with E-state index in [0.29, 0.717) is 0 Å². The maximum absolute atomic E-state index is 11.5. The zero-order chi connectivity index (χ0) is 15.7. The molecule has 0 saturated carbocycles. The highest BCUT2D eigenvalue weighted by molar-refractivity contribution is 5.88. The molecule has 3 amide bonds. The molecule has 0 aliphatic rings. The molecule has 0 saturated heterocycles. The predicted molar refractivity (Wildman–Crippen MR) is 68.1 cm³/mol. The average molecular weight is 289 g/mol. The van der Waals surface area contributed by atoms with Gasteiger partial charge in [0, 0.05) is 13.5 Å². The number of carbonyl (C=O) groups excluding carboxylic acids is 2. The molecule has 0 fully saturated rings. The summed E-state index contributed by atoms with van der Waals surface area (Å²) in [6.07, 6.45) is -0.0668. The van der Waals surface area contributed by atoms with Gasteiger partial charge in [-0.15, -0.1) is 0 Å². The molecule has 2 atom stereocenters. The van der Waals surface area contributed by atoms with E-state index in [4.69, 9.17) is 10.2 Å². The summed E-state index contributed by atoms with van der Waals surface area (Å²) < 4.78 is 0. The first-order valence-corrected chi connectivity index (χ1v) is 6.01. The molecule has 1 unspecified atom stereocenters. The number of carboxylic acid groups (broad SMARTS) is 2. The van der Waals surface area contributed by atoms with Crippen molar-refractivity contribution in [1.29, 1.82) is 0 Å². The van der Waals surface area contributed by atoms with E-state index in [9.17, 15) is 19.2 Å². The Kier molecular flexibility index (Phi) is 7.71. The number of aliphatic carboxylic acids is 2. The van der Waals surface area contributed by atoms with E-state index in [1.807, 2.05) is 0 Å². The van der Waals surface area contributed by atoms with Gasteiger partial charge in [0.2, 0.25) is 5.91 Å². The standard InChI is InChI=1S/C11H19N3O6/c1-6(9(17)12-2)13-11(20)14-7(10(18)19)4-3-5-8(15)16/h6-7H,3-5H2,1-2H3,(H,12,17)(H,15,16)(H,18,19)(H2,13,14,20)/t6?,7-/m1/s1. The second-order valence-electron chi connectivity index (χ2n) is 4.13. The average Bonchev–Trinajstić information content (AvgIpc) is 2.35. The number of hydrogen-bond acceptors (Lipinski definition) is 4. The molecule has 5 N–H and O–H groups in total. The molecule has 0 aromatic heterocycles. The van der Waals surface area contributed by atoms with Crippen LogP contribution in [-0.2, 0) is 14.4 Å². The van der Waals surface area contributed by atoms with Gasteiger partial charge in [-0.3, -0.25) is 9.59 Å². The Hall–Kier alpha value is -2.32. The van der Waals surface area contributed by atoms with Gasteiger partial charge < -0.3 is 26.2 Å². The van der Waals surface area contributed by atoms with E-state index in [-0.39, 0.29) is 19.3 Å². The van der Waals surface area contributed by atoms with Crippen LogP contribution in [0, 0.1) is 0 Å². The molecule has 9 nitrogen and oxygen atoms in total. The fourth-order valence-corrected chi connectivity index (χ4v) is 1.39. The number of carbonyl (C=O) groups is 4. The third-order valence-corrected chi connectivity index (χ3v) is 2.47. The van der Waals surface area contributed by atoms with E-state index < -0.39 is 36.0 Å². The highest BCUT2D eigenvalue weighted by atomic mass is 16.4. The number of carboxylic acids is 2. The van der Waals surface area contributed by atoms with Crippen LogP contribution < -0.4 is 16.0 Å². The fourth-order valence-electron chi connectivity index (χ4n) is 1.39. The van der Waals surface area contributed by atoms with E-state index in [1.54, 1.807) is 0 Å². The summed E-state index contributed by atoms with van der Waals surface area (Å²) in [6.45, 7) is 1.44. The number of amides is 3. The monoisotopic (exact) mass is 289 g/mol. The second-order valence-corrected chi connectivity index (χ2v) is 4.13. The Labute approximate surface area is 115 Å². The van der Waals surface area contributed by atoms with Crippen molar-refractivity contribution in [3.05, 3.63) is 0 Å². The van der Waals surface area contributed by atoms with E-state index >= 15 is 0 Å². The zero-order valence-electron chi connectivity index (χ0n) is 11.3.